The highest BCUT2D eigenvalue weighted by Gasteiger charge is 2.16. The third kappa shape index (κ3) is 3.79. The van der Waals surface area contributed by atoms with Crippen molar-refractivity contribution >= 4 is 22.0 Å². The van der Waals surface area contributed by atoms with Gasteiger partial charge in [0.05, 0.1) is 4.47 Å². The highest BCUT2D eigenvalue weighted by atomic mass is 79.9. The Morgan fingerprint density at radius 1 is 1.40 bits per heavy atom. The minimum Gasteiger partial charge on any atom is -0.486 e. The maximum absolute atomic E-state index is 11.7. The average molecular weight is 343 g/mol. The van der Waals surface area contributed by atoms with E-state index in [-0.39, 0.29) is 12.1 Å². The van der Waals surface area contributed by atoms with Gasteiger partial charge in [0, 0.05) is 12.6 Å². The number of benzene rings is 1. The summed E-state index contributed by atoms with van der Waals surface area (Å²) in [6.07, 6.45) is 0.906. The minimum atomic E-state index is -0.162. The van der Waals surface area contributed by atoms with E-state index in [0.29, 0.717) is 25.5 Å². The SMILES string of the molecule is CCC(C)NC(=O)NCc1cc(Br)c2c(c1)OCCO2. The van der Waals surface area contributed by atoms with Crippen LogP contribution in [0.3, 0.4) is 0 Å². The summed E-state index contributed by atoms with van der Waals surface area (Å²) in [5.41, 5.74) is 0.959. The zero-order valence-corrected chi connectivity index (χ0v) is 13.2. The third-order valence-corrected chi connectivity index (χ3v) is 3.69. The molecule has 110 valence electrons. The molecular formula is C14H19BrN2O3. The lowest BCUT2D eigenvalue weighted by Crippen LogP contribution is -2.40. The van der Waals surface area contributed by atoms with Gasteiger partial charge in [-0.25, -0.2) is 4.79 Å². The molecule has 6 heteroatoms. The molecule has 0 radical (unpaired) electrons. The number of halogens is 1. The van der Waals surface area contributed by atoms with Crippen molar-refractivity contribution in [1.82, 2.24) is 10.6 Å². The molecule has 0 aromatic heterocycles. The van der Waals surface area contributed by atoms with Gasteiger partial charge in [0.15, 0.2) is 11.5 Å². The van der Waals surface area contributed by atoms with Crippen molar-refractivity contribution in [2.24, 2.45) is 0 Å². The second-order valence-corrected chi connectivity index (χ2v) is 5.59. The molecule has 2 N–H and O–H groups in total. The van der Waals surface area contributed by atoms with Gasteiger partial charge in [-0.3, -0.25) is 0 Å². The van der Waals surface area contributed by atoms with Crippen LogP contribution in [-0.2, 0) is 6.54 Å². The molecule has 1 aromatic carbocycles. The van der Waals surface area contributed by atoms with Crippen LogP contribution in [0.2, 0.25) is 0 Å². The maximum Gasteiger partial charge on any atom is 0.315 e. The quantitative estimate of drug-likeness (QED) is 0.884. The van der Waals surface area contributed by atoms with Gasteiger partial charge < -0.3 is 20.1 Å². The number of hydrogen-bond acceptors (Lipinski definition) is 3. The van der Waals surface area contributed by atoms with E-state index in [2.05, 4.69) is 26.6 Å². The number of fused-ring (bicyclic) bond motifs is 1. The first-order valence-electron chi connectivity index (χ1n) is 6.72. The molecule has 1 aromatic rings. The summed E-state index contributed by atoms with van der Waals surface area (Å²) in [5, 5.41) is 5.69. The van der Waals surface area contributed by atoms with Gasteiger partial charge in [-0.2, -0.15) is 0 Å². The Kier molecular flexibility index (Phi) is 5.11. The van der Waals surface area contributed by atoms with Crippen molar-refractivity contribution in [3.8, 4) is 11.5 Å². The summed E-state index contributed by atoms with van der Waals surface area (Å²) < 4.78 is 11.9. The summed E-state index contributed by atoms with van der Waals surface area (Å²) in [5.74, 6) is 1.44. The van der Waals surface area contributed by atoms with Crippen LogP contribution in [0.15, 0.2) is 16.6 Å². The molecular weight excluding hydrogens is 324 g/mol. The van der Waals surface area contributed by atoms with E-state index < -0.39 is 0 Å². The smallest absolute Gasteiger partial charge is 0.315 e. The highest BCUT2D eigenvalue weighted by Crippen LogP contribution is 2.38. The molecule has 0 fully saturated rings. The number of rotatable bonds is 4. The van der Waals surface area contributed by atoms with Crippen LogP contribution in [0, 0.1) is 0 Å². The van der Waals surface area contributed by atoms with E-state index in [4.69, 9.17) is 9.47 Å². The Balaban J connectivity index is 1.96. The maximum atomic E-state index is 11.7. The summed E-state index contributed by atoms with van der Waals surface area (Å²) >= 11 is 3.46. The number of amides is 2. The topological polar surface area (TPSA) is 59.6 Å². The molecule has 1 aliphatic heterocycles. The largest absolute Gasteiger partial charge is 0.486 e. The lowest BCUT2D eigenvalue weighted by atomic mass is 10.2. The standard InChI is InChI=1S/C14H19BrN2O3/c1-3-9(2)17-14(18)16-8-10-6-11(15)13-12(7-10)19-4-5-20-13/h6-7,9H,3-5,8H2,1-2H3,(H2,16,17,18). The summed E-state index contributed by atoms with van der Waals surface area (Å²) in [6, 6.07) is 3.83. The van der Waals surface area contributed by atoms with Crippen LogP contribution < -0.4 is 20.1 Å². The van der Waals surface area contributed by atoms with Crippen LogP contribution in [0.25, 0.3) is 0 Å². The van der Waals surface area contributed by atoms with E-state index >= 15 is 0 Å². The number of carbonyl (C=O) groups is 1. The first kappa shape index (κ1) is 15.0. The molecule has 1 aliphatic rings. The average Bonchev–Trinajstić information content (AvgIpc) is 2.45. The summed E-state index contributed by atoms with van der Waals surface area (Å²) in [7, 11) is 0. The lowest BCUT2D eigenvalue weighted by Gasteiger charge is -2.20. The lowest BCUT2D eigenvalue weighted by molar-refractivity contribution is 0.170. The molecule has 0 saturated heterocycles. The Labute approximate surface area is 127 Å². The predicted molar refractivity (Wildman–Crippen MR) is 80.3 cm³/mol. The summed E-state index contributed by atoms with van der Waals surface area (Å²) in [4.78, 5) is 11.7. The van der Waals surface area contributed by atoms with Crippen molar-refractivity contribution < 1.29 is 14.3 Å². The number of carbonyl (C=O) groups excluding carboxylic acids is 1. The Morgan fingerprint density at radius 3 is 2.90 bits per heavy atom. The van der Waals surface area contributed by atoms with Crippen molar-refractivity contribution in [1.29, 1.82) is 0 Å². The molecule has 0 spiro atoms. The number of nitrogens with one attached hydrogen (secondary N) is 2. The van der Waals surface area contributed by atoms with Crippen LogP contribution in [0.5, 0.6) is 11.5 Å². The van der Waals surface area contributed by atoms with E-state index in [1.165, 1.54) is 0 Å². The van der Waals surface area contributed by atoms with E-state index in [1.54, 1.807) is 0 Å². The monoisotopic (exact) mass is 342 g/mol. The van der Waals surface area contributed by atoms with Crippen molar-refractivity contribution in [3.63, 3.8) is 0 Å². The fraction of sp³-hybridized carbons (Fsp3) is 0.500. The van der Waals surface area contributed by atoms with Crippen molar-refractivity contribution in [2.75, 3.05) is 13.2 Å². The molecule has 1 unspecified atom stereocenters. The number of ether oxygens (including phenoxy) is 2. The zero-order valence-electron chi connectivity index (χ0n) is 11.7. The Morgan fingerprint density at radius 2 is 2.15 bits per heavy atom. The van der Waals surface area contributed by atoms with E-state index in [1.807, 2.05) is 26.0 Å². The van der Waals surface area contributed by atoms with E-state index in [0.717, 1.165) is 22.2 Å². The van der Waals surface area contributed by atoms with Gasteiger partial charge in [-0.1, -0.05) is 6.92 Å². The van der Waals surface area contributed by atoms with Gasteiger partial charge in [-0.15, -0.1) is 0 Å². The second kappa shape index (κ2) is 6.83. The molecule has 5 nitrogen and oxygen atoms in total. The first-order valence-corrected chi connectivity index (χ1v) is 7.51. The zero-order chi connectivity index (χ0) is 14.5. The van der Waals surface area contributed by atoms with Crippen molar-refractivity contribution in [2.45, 2.75) is 32.9 Å². The molecule has 20 heavy (non-hydrogen) atoms. The van der Waals surface area contributed by atoms with Gasteiger partial charge in [0.1, 0.15) is 13.2 Å². The fourth-order valence-electron chi connectivity index (χ4n) is 1.83. The van der Waals surface area contributed by atoms with Crippen LogP contribution >= 0.6 is 15.9 Å². The summed E-state index contributed by atoms with van der Waals surface area (Å²) in [6.45, 7) is 5.55. The van der Waals surface area contributed by atoms with Crippen molar-refractivity contribution in [3.05, 3.63) is 22.2 Å². The normalized spacial score (nSPS) is 14.6. The number of hydrogen-bond donors (Lipinski definition) is 2. The van der Waals surface area contributed by atoms with Gasteiger partial charge in [0.2, 0.25) is 0 Å². The third-order valence-electron chi connectivity index (χ3n) is 3.10. The number of urea groups is 1. The molecule has 0 aliphatic carbocycles. The molecule has 1 atom stereocenters. The fourth-order valence-corrected chi connectivity index (χ4v) is 2.43. The van der Waals surface area contributed by atoms with Crippen LogP contribution in [0.4, 0.5) is 4.79 Å². The highest BCUT2D eigenvalue weighted by molar-refractivity contribution is 9.10. The van der Waals surface area contributed by atoms with Crippen LogP contribution in [-0.4, -0.2) is 25.3 Å². The van der Waals surface area contributed by atoms with Crippen LogP contribution in [0.1, 0.15) is 25.8 Å². The van der Waals surface area contributed by atoms with E-state index in [9.17, 15) is 4.79 Å². The molecule has 0 saturated carbocycles. The molecule has 1 heterocycles. The Hall–Kier alpha value is -1.43. The molecule has 2 rings (SSSR count). The Bertz CT molecular complexity index is 494. The van der Waals surface area contributed by atoms with Gasteiger partial charge in [-0.05, 0) is 47.0 Å². The first-order chi connectivity index (χ1) is 9.60. The van der Waals surface area contributed by atoms with Gasteiger partial charge in [0.25, 0.3) is 0 Å². The second-order valence-electron chi connectivity index (χ2n) is 4.74. The molecule has 2 amide bonds. The minimum absolute atomic E-state index is 0.162. The van der Waals surface area contributed by atoms with Gasteiger partial charge >= 0.3 is 6.03 Å². The molecule has 0 bridgehead atoms. The predicted octanol–water partition coefficient (Wildman–Crippen LogP) is 2.82.